The highest BCUT2D eigenvalue weighted by Gasteiger charge is 2.25. The van der Waals surface area contributed by atoms with Crippen molar-refractivity contribution in [1.82, 2.24) is 4.72 Å². The number of benzene rings is 2. The highest BCUT2D eigenvalue weighted by Crippen LogP contribution is 2.30. The second kappa shape index (κ2) is 7.50. The zero-order chi connectivity index (χ0) is 19.6. The van der Waals surface area contributed by atoms with Crippen LogP contribution in [0.5, 0.6) is 0 Å². The number of nitrogens with zero attached hydrogens (tertiary/aromatic N) is 2. The van der Waals surface area contributed by atoms with Gasteiger partial charge in [0.05, 0.1) is 11.4 Å². The van der Waals surface area contributed by atoms with Gasteiger partial charge in [0.2, 0.25) is 21.8 Å². The molecule has 1 aliphatic heterocycles. The number of sulfonamides is 1. The van der Waals surface area contributed by atoms with Gasteiger partial charge >= 0.3 is 0 Å². The molecule has 3 rings (SSSR count). The van der Waals surface area contributed by atoms with Gasteiger partial charge < -0.3 is 9.80 Å². The van der Waals surface area contributed by atoms with Crippen molar-refractivity contribution in [2.24, 2.45) is 0 Å². The summed E-state index contributed by atoms with van der Waals surface area (Å²) in [6, 6.07) is 13.6. The highest BCUT2D eigenvalue weighted by atomic mass is 32.2. The standard InChI is InChI=1S/C19H21N3O4S/c1-14(23)22-11-10-15-12-17(8-9-18(15)22)27(25,26)20-13-19(24)21(2)16-6-4-3-5-7-16/h3-9,12,20H,10-11,13H2,1-2H3. The lowest BCUT2D eigenvalue weighted by atomic mass is 10.2. The normalized spacial score (nSPS) is 13.3. The summed E-state index contributed by atoms with van der Waals surface area (Å²) in [5, 5.41) is 0. The molecule has 0 unspecified atom stereocenters. The van der Waals surface area contributed by atoms with Crippen LogP contribution in [-0.2, 0) is 26.0 Å². The molecule has 0 saturated heterocycles. The summed E-state index contributed by atoms with van der Waals surface area (Å²) in [5.41, 5.74) is 2.23. The van der Waals surface area contributed by atoms with E-state index >= 15 is 0 Å². The summed E-state index contributed by atoms with van der Waals surface area (Å²) in [6.07, 6.45) is 0.605. The third-order valence-corrected chi connectivity index (χ3v) is 5.97. The fourth-order valence-electron chi connectivity index (χ4n) is 3.03. The number of nitrogens with one attached hydrogen (secondary N) is 1. The molecule has 142 valence electrons. The van der Waals surface area contributed by atoms with Gasteiger partial charge in [0.15, 0.2) is 0 Å². The molecule has 0 aliphatic carbocycles. The van der Waals surface area contributed by atoms with Gasteiger partial charge in [0, 0.05) is 31.9 Å². The number of carbonyl (C=O) groups is 2. The van der Waals surface area contributed by atoms with Crippen LogP contribution < -0.4 is 14.5 Å². The molecule has 2 amide bonds. The molecule has 0 spiro atoms. The summed E-state index contributed by atoms with van der Waals surface area (Å²) in [5.74, 6) is -0.439. The van der Waals surface area contributed by atoms with Gasteiger partial charge in [0.1, 0.15) is 0 Å². The second-order valence-corrected chi connectivity index (χ2v) is 8.09. The van der Waals surface area contributed by atoms with Crippen LogP contribution in [0.2, 0.25) is 0 Å². The first-order valence-electron chi connectivity index (χ1n) is 8.52. The Balaban J connectivity index is 1.70. The minimum atomic E-state index is -3.83. The van der Waals surface area contributed by atoms with E-state index in [1.807, 2.05) is 6.07 Å². The Morgan fingerprint density at radius 3 is 2.52 bits per heavy atom. The van der Waals surface area contributed by atoms with E-state index in [4.69, 9.17) is 0 Å². The third-order valence-electron chi connectivity index (χ3n) is 4.57. The molecule has 1 aliphatic rings. The molecule has 8 heteroatoms. The number of para-hydroxylation sites is 1. The highest BCUT2D eigenvalue weighted by molar-refractivity contribution is 7.89. The number of anilines is 2. The fraction of sp³-hybridized carbons (Fsp3) is 0.263. The Hall–Kier alpha value is -2.71. The van der Waals surface area contributed by atoms with Crippen molar-refractivity contribution in [2.45, 2.75) is 18.2 Å². The minimum Gasteiger partial charge on any atom is -0.314 e. The van der Waals surface area contributed by atoms with E-state index in [0.717, 1.165) is 11.3 Å². The van der Waals surface area contributed by atoms with Crippen molar-refractivity contribution in [2.75, 3.05) is 29.9 Å². The van der Waals surface area contributed by atoms with Crippen LogP contribution in [0, 0.1) is 0 Å². The Bertz CT molecular complexity index is 974. The first-order valence-corrected chi connectivity index (χ1v) is 10.0. The molecule has 0 fully saturated rings. The van der Waals surface area contributed by atoms with Crippen LogP contribution in [0.4, 0.5) is 11.4 Å². The molecular formula is C19H21N3O4S. The maximum absolute atomic E-state index is 12.5. The summed E-state index contributed by atoms with van der Waals surface area (Å²) < 4.78 is 27.4. The number of rotatable bonds is 5. The van der Waals surface area contributed by atoms with Crippen LogP contribution in [0.15, 0.2) is 53.4 Å². The lowest BCUT2D eigenvalue weighted by Crippen LogP contribution is -2.38. The predicted molar refractivity (Wildman–Crippen MR) is 103 cm³/mol. The first kappa shape index (κ1) is 19.1. The van der Waals surface area contributed by atoms with E-state index in [0.29, 0.717) is 18.7 Å². The zero-order valence-electron chi connectivity index (χ0n) is 15.2. The van der Waals surface area contributed by atoms with E-state index < -0.39 is 10.0 Å². The molecule has 0 aromatic heterocycles. The van der Waals surface area contributed by atoms with E-state index in [-0.39, 0.29) is 23.3 Å². The predicted octanol–water partition coefficient (Wildman–Crippen LogP) is 1.54. The Morgan fingerprint density at radius 1 is 1.15 bits per heavy atom. The number of amides is 2. The van der Waals surface area contributed by atoms with Crippen molar-refractivity contribution in [3.05, 3.63) is 54.1 Å². The summed E-state index contributed by atoms with van der Waals surface area (Å²) in [6.45, 7) is 1.68. The zero-order valence-corrected chi connectivity index (χ0v) is 16.0. The van der Waals surface area contributed by atoms with Gasteiger partial charge in [-0.05, 0) is 42.3 Å². The van der Waals surface area contributed by atoms with Crippen LogP contribution in [0.1, 0.15) is 12.5 Å². The molecule has 1 N–H and O–H groups in total. The maximum Gasteiger partial charge on any atom is 0.241 e. The lowest BCUT2D eigenvalue weighted by molar-refractivity contribution is -0.117. The number of likely N-dealkylation sites (N-methyl/N-ethyl adjacent to an activating group) is 1. The van der Waals surface area contributed by atoms with Crippen molar-refractivity contribution in [3.63, 3.8) is 0 Å². The first-order chi connectivity index (χ1) is 12.8. The summed E-state index contributed by atoms with van der Waals surface area (Å²) in [7, 11) is -2.24. The molecule has 0 atom stereocenters. The number of hydrogen-bond donors (Lipinski definition) is 1. The number of hydrogen-bond acceptors (Lipinski definition) is 4. The van der Waals surface area contributed by atoms with Gasteiger partial charge in [-0.2, -0.15) is 0 Å². The quantitative estimate of drug-likeness (QED) is 0.843. The summed E-state index contributed by atoms with van der Waals surface area (Å²) in [4.78, 5) is 27.0. The Kier molecular flexibility index (Phi) is 5.29. The molecule has 1 heterocycles. The fourth-order valence-corrected chi connectivity index (χ4v) is 4.05. The smallest absolute Gasteiger partial charge is 0.241 e. The van der Waals surface area contributed by atoms with Crippen LogP contribution >= 0.6 is 0 Å². The average molecular weight is 387 g/mol. The largest absolute Gasteiger partial charge is 0.314 e. The summed E-state index contributed by atoms with van der Waals surface area (Å²) >= 11 is 0. The van der Waals surface area contributed by atoms with Gasteiger partial charge in [0.25, 0.3) is 0 Å². The van der Waals surface area contributed by atoms with Gasteiger partial charge in [-0.15, -0.1) is 0 Å². The molecule has 7 nitrogen and oxygen atoms in total. The van der Waals surface area contributed by atoms with Crippen molar-refractivity contribution in [3.8, 4) is 0 Å². The molecule has 0 radical (unpaired) electrons. The number of carbonyl (C=O) groups excluding carboxylic acids is 2. The van der Waals surface area contributed by atoms with Gasteiger partial charge in [-0.1, -0.05) is 18.2 Å². The molecule has 27 heavy (non-hydrogen) atoms. The molecule has 2 aromatic carbocycles. The topological polar surface area (TPSA) is 86.8 Å². The monoisotopic (exact) mass is 387 g/mol. The average Bonchev–Trinajstić information content (AvgIpc) is 3.10. The van der Waals surface area contributed by atoms with E-state index in [1.165, 1.54) is 17.9 Å². The van der Waals surface area contributed by atoms with E-state index in [2.05, 4.69) is 4.72 Å². The maximum atomic E-state index is 12.5. The van der Waals surface area contributed by atoms with Gasteiger partial charge in [-0.3, -0.25) is 9.59 Å². The van der Waals surface area contributed by atoms with E-state index in [9.17, 15) is 18.0 Å². The Morgan fingerprint density at radius 2 is 1.85 bits per heavy atom. The Labute approximate surface area is 158 Å². The lowest BCUT2D eigenvalue weighted by Gasteiger charge is -2.18. The van der Waals surface area contributed by atoms with Gasteiger partial charge in [-0.25, -0.2) is 13.1 Å². The molecule has 0 bridgehead atoms. The third kappa shape index (κ3) is 4.01. The SMILES string of the molecule is CC(=O)N1CCc2cc(S(=O)(=O)NCC(=O)N(C)c3ccccc3)ccc21. The van der Waals surface area contributed by atoms with E-state index in [1.54, 1.807) is 48.3 Å². The van der Waals surface area contributed by atoms with Crippen LogP contribution in [-0.4, -0.2) is 40.4 Å². The number of fused-ring (bicyclic) bond motifs is 1. The molecular weight excluding hydrogens is 366 g/mol. The van der Waals surface area contributed by atoms with Crippen molar-refractivity contribution < 1.29 is 18.0 Å². The molecule has 2 aromatic rings. The van der Waals surface area contributed by atoms with Crippen molar-refractivity contribution >= 4 is 33.2 Å². The molecule has 0 saturated carbocycles. The van der Waals surface area contributed by atoms with Crippen LogP contribution in [0.3, 0.4) is 0 Å². The van der Waals surface area contributed by atoms with Crippen molar-refractivity contribution in [1.29, 1.82) is 0 Å². The minimum absolute atomic E-state index is 0.0722. The second-order valence-electron chi connectivity index (χ2n) is 6.32. The van der Waals surface area contributed by atoms with Crippen LogP contribution in [0.25, 0.3) is 0 Å².